The van der Waals surface area contributed by atoms with Crippen molar-refractivity contribution in [2.45, 2.75) is 44.4 Å². The van der Waals surface area contributed by atoms with Gasteiger partial charge in [-0.1, -0.05) is 38.2 Å². The number of likely N-dealkylation sites (N-methyl/N-ethyl adjacent to an activating group) is 2. The highest BCUT2D eigenvalue weighted by atomic mass is 28.3. The number of aromatic nitrogens is 2. The molecule has 2 N–H and O–H groups in total. The molecule has 10 nitrogen and oxygen atoms in total. The minimum Gasteiger partial charge on any atom is -0.481 e. The van der Waals surface area contributed by atoms with Crippen molar-refractivity contribution in [3.05, 3.63) is 47.4 Å². The number of methoxy groups -OCH3 is 2. The highest BCUT2D eigenvalue weighted by molar-refractivity contribution is 6.80. The van der Waals surface area contributed by atoms with Crippen LogP contribution in [0.15, 0.2) is 40.5 Å². The lowest BCUT2D eigenvalue weighted by molar-refractivity contribution is 0.0967. The van der Waals surface area contributed by atoms with E-state index in [-0.39, 0.29) is 11.7 Å². The maximum Gasteiger partial charge on any atom is 0.290 e. The maximum atomic E-state index is 11.5. The normalized spacial score (nSPS) is 17.3. The molecule has 0 aromatic carbocycles. The van der Waals surface area contributed by atoms with Crippen molar-refractivity contribution in [2.75, 3.05) is 52.8 Å². The van der Waals surface area contributed by atoms with E-state index in [1.807, 2.05) is 26.2 Å². The summed E-state index contributed by atoms with van der Waals surface area (Å²) in [5.74, 6) is 1.83. The summed E-state index contributed by atoms with van der Waals surface area (Å²) >= 11 is 0. The molecule has 0 bridgehead atoms. The summed E-state index contributed by atoms with van der Waals surface area (Å²) in [6.07, 6.45) is 6.62. The van der Waals surface area contributed by atoms with Gasteiger partial charge in [0.1, 0.15) is 5.76 Å². The molecule has 2 heterocycles. The van der Waals surface area contributed by atoms with Crippen LogP contribution in [0.1, 0.15) is 36.4 Å². The molecule has 0 aliphatic heterocycles. The van der Waals surface area contributed by atoms with E-state index in [1.54, 1.807) is 20.3 Å². The van der Waals surface area contributed by atoms with Crippen molar-refractivity contribution in [1.29, 1.82) is 0 Å². The molecule has 208 valence electrons. The molecular weight excluding hydrogens is 502 g/mol. The summed E-state index contributed by atoms with van der Waals surface area (Å²) in [6.45, 7) is 11.3. The van der Waals surface area contributed by atoms with E-state index in [0.717, 1.165) is 31.2 Å². The molecule has 1 aliphatic carbocycles. The first-order valence-electron chi connectivity index (χ1n) is 12.9. The number of amides is 1. The fourth-order valence-corrected chi connectivity index (χ4v) is 7.38. The van der Waals surface area contributed by atoms with Crippen LogP contribution in [0.2, 0.25) is 19.1 Å². The first kappa shape index (κ1) is 29.2. The van der Waals surface area contributed by atoms with Gasteiger partial charge in [0.25, 0.3) is 11.9 Å². The Labute approximate surface area is 226 Å². The number of carbonyl (C=O) groups is 1. The van der Waals surface area contributed by atoms with Crippen LogP contribution in [0.4, 0.5) is 5.95 Å². The molecule has 2 aromatic heterocycles. The van der Waals surface area contributed by atoms with Crippen LogP contribution in [-0.2, 0) is 5.04 Å². The predicted molar refractivity (Wildman–Crippen MR) is 151 cm³/mol. The van der Waals surface area contributed by atoms with Gasteiger partial charge in [0.05, 0.1) is 27.9 Å². The number of primary amides is 1. The number of furan rings is 1. The maximum absolute atomic E-state index is 11.5. The van der Waals surface area contributed by atoms with Gasteiger partial charge in [-0.05, 0) is 33.2 Å². The Morgan fingerprint density at radius 2 is 1.79 bits per heavy atom. The van der Waals surface area contributed by atoms with Gasteiger partial charge in [-0.2, -0.15) is 9.97 Å². The zero-order valence-electron chi connectivity index (χ0n) is 23.8. The summed E-state index contributed by atoms with van der Waals surface area (Å²) < 4.78 is 23.5. The molecule has 1 aliphatic rings. The summed E-state index contributed by atoms with van der Waals surface area (Å²) in [6, 6.07) is 4.08. The van der Waals surface area contributed by atoms with E-state index < -0.39 is 19.0 Å². The molecule has 1 amide bonds. The third kappa shape index (κ3) is 5.88. The summed E-state index contributed by atoms with van der Waals surface area (Å²) in [5.41, 5.74) is 6.16. The first-order chi connectivity index (χ1) is 18.0. The van der Waals surface area contributed by atoms with Crippen molar-refractivity contribution in [2.24, 2.45) is 5.73 Å². The van der Waals surface area contributed by atoms with Gasteiger partial charge in [0.15, 0.2) is 5.76 Å². The highest BCUT2D eigenvalue weighted by Crippen LogP contribution is 2.51. The molecule has 11 heteroatoms. The van der Waals surface area contributed by atoms with Crippen LogP contribution in [0.25, 0.3) is 0 Å². The SMILES string of the molecule is CCN(CCN(C)C)c1nc(OC)c(C2([Si](C)(C)CC)C=CC=C(Oc3ccc(C(N)=O)o3)C2)c(OC)n1. The summed E-state index contributed by atoms with van der Waals surface area (Å²) in [4.78, 5) is 25.5. The van der Waals surface area contributed by atoms with Crippen LogP contribution in [0.5, 0.6) is 17.7 Å². The average Bonchev–Trinajstić information content (AvgIpc) is 3.37. The third-order valence-electron chi connectivity index (χ3n) is 7.41. The Bertz CT molecular complexity index is 1170. The van der Waals surface area contributed by atoms with Crippen LogP contribution < -0.4 is 24.8 Å². The molecule has 0 radical (unpaired) electrons. The molecule has 0 fully saturated rings. The van der Waals surface area contributed by atoms with Crippen molar-refractivity contribution in [3.8, 4) is 17.7 Å². The Hall–Kier alpha value is -3.31. The number of hydrogen-bond donors (Lipinski definition) is 1. The second-order valence-electron chi connectivity index (χ2n) is 10.3. The molecule has 3 rings (SSSR count). The number of anilines is 1. The fraction of sp³-hybridized carbons (Fsp3) is 0.519. The first-order valence-corrected chi connectivity index (χ1v) is 16.1. The monoisotopic (exact) mass is 543 g/mol. The molecule has 0 saturated carbocycles. The van der Waals surface area contributed by atoms with Crippen molar-refractivity contribution >= 4 is 19.9 Å². The van der Waals surface area contributed by atoms with E-state index in [4.69, 9.17) is 34.3 Å². The predicted octanol–water partition coefficient (Wildman–Crippen LogP) is 4.00. The summed E-state index contributed by atoms with van der Waals surface area (Å²) in [7, 11) is 5.26. The van der Waals surface area contributed by atoms with E-state index >= 15 is 0 Å². The van der Waals surface area contributed by atoms with Crippen LogP contribution in [-0.4, -0.2) is 76.8 Å². The zero-order chi connectivity index (χ0) is 28.1. The van der Waals surface area contributed by atoms with Gasteiger partial charge in [-0.15, -0.1) is 0 Å². The highest BCUT2D eigenvalue weighted by Gasteiger charge is 2.51. The number of hydrogen-bond acceptors (Lipinski definition) is 9. The number of ether oxygens (including phenoxy) is 3. The van der Waals surface area contributed by atoms with Gasteiger partial charge >= 0.3 is 0 Å². The number of nitrogens with zero attached hydrogens (tertiary/aromatic N) is 4. The van der Waals surface area contributed by atoms with Crippen LogP contribution >= 0.6 is 0 Å². The fourth-order valence-electron chi connectivity index (χ4n) is 4.66. The zero-order valence-corrected chi connectivity index (χ0v) is 24.8. The topological polar surface area (TPSA) is 116 Å². The summed E-state index contributed by atoms with van der Waals surface area (Å²) in [5, 5.41) is -0.499. The Morgan fingerprint density at radius 3 is 2.29 bits per heavy atom. The smallest absolute Gasteiger partial charge is 0.290 e. The Kier molecular flexibility index (Phi) is 9.26. The van der Waals surface area contributed by atoms with E-state index in [0.29, 0.717) is 29.9 Å². The molecule has 2 aromatic rings. The number of rotatable bonds is 13. The second kappa shape index (κ2) is 12.0. The van der Waals surface area contributed by atoms with E-state index in [9.17, 15) is 4.79 Å². The molecule has 1 atom stereocenters. The number of allylic oxidation sites excluding steroid dienone is 4. The Balaban J connectivity index is 2.11. The lowest BCUT2D eigenvalue weighted by Crippen LogP contribution is -2.51. The van der Waals surface area contributed by atoms with E-state index in [2.05, 4.69) is 42.8 Å². The van der Waals surface area contributed by atoms with Gasteiger partial charge < -0.3 is 34.2 Å². The minimum atomic E-state index is -2.09. The minimum absolute atomic E-state index is 0.0450. The third-order valence-corrected chi connectivity index (χ3v) is 12.2. The molecular formula is C27H41N5O5Si. The molecule has 0 spiro atoms. The molecule has 1 unspecified atom stereocenters. The lowest BCUT2D eigenvalue weighted by Gasteiger charge is -2.45. The molecule has 38 heavy (non-hydrogen) atoms. The van der Waals surface area contributed by atoms with E-state index in [1.165, 1.54) is 6.07 Å². The quantitative estimate of drug-likeness (QED) is 0.374. The van der Waals surface area contributed by atoms with Gasteiger partial charge in [-0.25, -0.2) is 0 Å². The molecule has 0 saturated heterocycles. The van der Waals surface area contributed by atoms with Gasteiger partial charge in [0, 0.05) is 37.2 Å². The van der Waals surface area contributed by atoms with Crippen molar-refractivity contribution in [1.82, 2.24) is 14.9 Å². The second-order valence-corrected chi connectivity index (χ2v) is 15.6. The Morgan fingerprint density at radius 1 is 1.13 bits per heavy atom. The standard InChI is InChI=1S/C27H41N5O5Si/c1-9-32(17-16-31(3)4)26-29-24(34-5)22(25(30-26)35-6)27(38(7,8)10-2)15-11-12-19(18-27)36-21-14-13-20(37-21)23(28)33/h11-15H,9-10,16-18H2,1-8H3,(H2,28,33). The average molecular weight is 544 g/mol. The largest absolute Gasteiger partial charge is 0.481 e. The van der Waals surface area contributed by atoms with Crippen LogP contribution in [0.3, 0.4) is 0 Å². The van der Waals surface area contributed by atoms with Gasteiger partial charge in [0.2, 0.25) is 17.7 Å². The number of carbonyl (C=O) groups excluding carboxylic acids is 1. The van der Waals surface area contributed by atoms with Crippen molar-refractivity contribution < 1.29 is 23.4 Å². The van der Waals surface area contributed by atoms with Crippen LogP contribution in [0, 0.1) is 0 Å². The lowest BCUT2D eigenvalue weighted by atomic mass is 9.90. The number of nitrogens with two attached hydrogens (primary N) is 1. The van der Waals surface area contributed by atoms with Gasteiger partial charge in [-0.3, -0.25) is 4.79 Å². The van der Waals surface area contributed by atoms with Crippen molar-refractivity contribution in [3.63, 3.8) is 0 Å².